The molecule has 3 heterocycles. The van der Waals surface area contributed by atoms with E-state index in [4.69, 9.17) is 9.47 Å². The summed E-state index contributed by atoms with van der Waals surface area (Å²) in [6.07, 6.45) is -3.09. The number of fused-ring (bicyclic) bond motifs is 1. The van der Waals surface area contributed by atoms with Gasteiger partial charge in [-0.15, -0.1) is 0 Å². The zero-order valence-electron chi connectivity index (χ0n) is 15.2. The van der Waals surface area contributed by atoms with Crippen LogP contribution in [0.1, 0.15) is 11.3 Å². The number of aromatic nitrogens is 3. The number of morpholine rings is 1. The number of rotatable bonds is 4. The summed E-state index contributed by atoms with van der Waals surface area (Å²) in [6.45, 7) is 3.14. The van der Waals surface area contributed by atoms with E-state index in [0.29, 0.717) is 36.6 Å². The number of alkyl halides is 3. The first-order valence-corrected chi connectivity index (χ1v) is 8.85. The van der Waals surface area contributed by atoms with Gasteiger partial charge in [-0.2, -0.15) is 18.3 Å². The highest BCUT2D eigenvalue weighted by Crippen LogP contribution is 2.33. The smallest absolute Gasteiger partial charge is 0.433 e. The molecule has 3 aromatic rings. The normalized spacial score (nSPS) is 15.9. The van der Waals surface area contributed by atoms with Crippen LogP contribution in [-0.4, -0.2) is 52.9 Å². The summed E-state index contributed by atoms with van der Waals surface area (Å²) in [4.78, 5) is 6.62. The minimum Gasteiger partial charge on any atom is -0.497 e. The molecule has 4 rings (SSSR count). The second kappa shape index (κ2) is 7.40. The highest BCUT2D eigenvalue weighted by Gasteiger charge is 2.35. The number of halogens is 3. The number of hydrogen-bond donors (Lipinski definition) is 0. The Morgan fingerprint density at radius 1 is 1.14 bits per heavy atom. The molecule has 0 saturated carbocycles. The molecule has 0 radical (unpaired) electrons. The van der Waals surface area contributed by atoms with Crippen molar-refractivity contribution in [1.29, 1.82) is 0 Å². The van der Waals surface area contributed by atoms with E-state index in [0.717, 1.165) is 23.7 Å². The van der Waals surface area contributed by atoms with Crippen LogP contribution in [0, 0.1) is 0 Å². The van der Waals surface area contributed by atoms with E-state index in [1.165, 1.54) is 13.3 Å². The van der Waals surface area contributed by atoms with Gasteiger partial charge in [-0.1, -0.05) is 0 Å². The van der Waals surface area contributed by atoms with Gasteiger partial charge in [0, 0.05) is 30.8 Å². The fourth-order valence-electron chi connectivity index (χ4n) is 3.23. The molecule has 0 amide bonds. The third-order valence-corrected chi connectivity index (χ3v) is 4.72. The van der Waals surface area contributed by atoms with Gasteiger partial charge in [-0.05, 0) is 30.3 Å². The lowest BCUT2D eigenvalue weighted by molar-refractivity contribution is -0.142. The van der Waals surface area contributed by atoms with E-state index < -0.39 is 11.9 Å². The zero-order valence-corrected chi connectivity index (χ0v) is 15.2. The van der Waals surface area contributed by atoms with Crippen molar-refractivity contribution in [2.45, 2.75) is 12.7 Å². The quantitative estimate of drug-likeness (QED) is 0.682. The predicted molar refractivity (Wildman–Crippen MR) is 96.1 cm³/mol. The fraction of sp³-hybridized carbons (Fsp3) is 0.368. The van der Waals surface area contributed by atoms with Crippen LogP contribution in [0.25, 0.3) is 16.9 Å². The fourth-order valence-corrected chi connectivity index (χ4v) is 3.23. The number of nitrogens with zero attached hydrogens (tertiary/aromatic N) is 4. The molecule has 1 saturated heterocycles. The van der Waals surface area contributed by atoms with E-state index >= 15 is 0 Å². The number of methoxy groups -OCH3 is 1. The summed E-state index contributed by atoms with van der Waals surface area (Å²) in [5.41, 5.74) is 0.838. The average molecular weight is 392 g/mol. The van der Waals surface area contributed by atoms with Crippen LogP contribution in [0.2, 0.25) is 0 Å². The summed E-state index contributed by atoms with van der Waals surface area (Å²) in [6, 6.07) is 7.80. The largest absolute Gasteiger partial charge is 0.497 e. The topological polar surface area (TPSA) is 51.9 Å². The van der Waals surface area contributed by atoms with Gasteiger partial charge in [0.2, 0.25) is 0 Å². The van der Waals surface area contributed by atoms with Gasteiger partial charge >= 0.3 is 6.18 Å². The van der Waals surface area contributed by atoms with Crippen molar-refractivity contribution in [2.75, 3.05) is 33.4 Å². The van der Waals surface area contributed by atoms with Crippen LogP contribution in [-0.2, 0) is 17.5 Å². The molecular formula is C19H19F3N4O2. The second-order valence-electron chi connectivity index (χ2n) is 6.55. The van der Waals surface area contributed by atoms with Gasteiger partial charge in [-0.25, -0.2) is 9.50 Å². The van der Waals surface area contributed by atoms with Gasteiger partial charge in [0.25, 0.3) is 0 Å². The Hall–Kier alpha value is -2.65. The first kappa shape index (κ1) is 18.7. The molecule has 0 bridgehead atoms. The molecule has 2 aromatic heterocycles. The van der Waals surface area contributed by atoms with Crippen molar-refractivity contribution in [3.8, 4) is 17.0 Å². The van der Waals surface area contributed by atoms with Crippen molar-refractivity contribution in [3.63, 3.8) is 0 Å². The molecule has 148 valence electrons. The van der Waals surface area contributed by atoms with Crippen molar-refractivity contribution in [3.05, 3.63) is 47.8 Å². The summed E-state index contributed by atoms with van der Waals surface area (Å²) in [7, 11) is 1.53. The lowest BCUT2D eigenvalue weighted by Gasteiger charge is -2.26. The molecule has 0 aliphatic carbocycles. The summed E-state index contributed by atoms with van der Waals surface area (Å²) in [5.74, 6) is 0.623. The van der Waals surface area contributed by atoms with E-state index in [-0.39, 0.29) is 11.3 Å². The van der Waals surface area contributed by atoms with Crippen molar-refractivity contribution >= 4 is 5.65 Å². The zero-order chi connectivity index (χ0) is 19.7. The molecule has 6 nitrogen and oxygen atoms in total. The van der Waals surface area contributed by atoms with E-state index in [1.807, 2.05) is 0 Å². The Bertz CT molecular complexity index is 964. The van der Waals surface area contributed by atoms with E-state index in [9.17, 15) is 13.2 Å². The number of hydrogen-bond acceptors (Lipinski definition) is 5. The van der Waals surface area contributed by atoms with Gasteiger partial charge in [0.15, 0.2) is 11.3 Å². The minimum absolute atomic E-state index is 0.215. The molecule has 0 spiro atoms. The first-order valence-electron chi connectivity index (χ1n) is 8.85. The highest BCUT2D eigenvalue weighted by atomic mass is 19.4. The Morgan fingerprint density at radius 2 is 1.86 bits per heavy atom. The number of benzene rings is 1. The maximum absolute atomic E-state index is 13.7. The summed E-state index contributed by atoms with van der Waals surface area (Å²) in [5, 5.41) is 3.97. The van der Waals surface area contributed by atoms with Crippen LogP contribution >= 0.6 is 0 Å². The Morgan fingerprint density at radius 3 is 2.50 bits per heavy atom. The number of ether oxygens (including phenoxy) is 2. The monoisotopic (exact) mass is 392 g/mol. The molecule has 0 unspecified atom stereocenters. The maximum Gasteiger partial charge on any atom is 0.433 e. The summed E-state index contributed by atoms with van der Waals surface area (Å²) < 4.78 is 52.3. The molecule has 1 fully saturated rings. The van der Waals surface area contributed by atoms with Gasteiger partial charge < -0.3 is 9.47 Å². The van der Waals surface area contributed by atoms with Crippen molar-refractivity contribution < 1.29 is 22.6 Å². The molecule has 1 aliphatic rings. The lowest BCUT2D eigenvalue weighted by Crippen LogP contribution is -2.35. The molecule has 0 N–H and O–H groups in total. The SMILES string of the molecule is COc1ccc(-c2cc(C(F)(F)F)n3ncc(CN4CCOCC4)c3n2)cc1. The Kier molecular flexibility index (Phi) is 4.94. The van der Waals surface area contributed by atoms with Crippen molar-refractivity contribution in [2.24, 2.45) is 0 Å². The van der Waals surface area contributed by atoms with Crippen LogP contribution in [0.5, 0.6) is 5.75 Å². The predicted octanol–water partition coefficient (Wildman–Crippen LogP) is 3.26. The molecule has 9 heteroatoms. The Balaban J connectivity index is 1.80. The summed E-state index contributed by atoms with van der Waals surface area (Å²) >= 11 is 0. The van der Waals surface area contributed by atoms with Gasteiger partial charge in [0.05, 0.1) is 32.2 Å². The average Bonchev–Trinajstić information content (AvgIpc) is 3.10. The second-order valence-corrected chi connectivity index (χ2v) is 6.55. The Labute approximate surface area is 159 Å². The lowest BCUT2D eigenvalue weighted by atomic mass is 10.1. The molecule has 1 aromatic carbocycles. The maximum atomic E-state index is 13.7. The molecule has 28 heavy (non-hydrogen) atoms. The third kappa shape index (κ3) is 3.67. The van der Waals surface area contributed by atoms with Crippen LogP contribution in [0.4, 0.5) is 13.2 Å². The first-order chi connectivity index (χ1) is 13.5. The van der Waals surface area contributed by atoms with Crippen LogP contribution < -0.4 is 4.74 Å². The third-order valence-electron chi connectivity index (χ3n) is 4.72. The van der Waals surface area contributed by atoms with E-state index in [1.54, 1.807) is 24.3 Å². The van der Waals surface area contributed by atoms with E-state index in [2.05, 4.69) is 15.0 Å². The van der Waals surface area contributed by atoms with Crippen LogP contribution in [0.15, 0.2) is 36.5 Å². The standard InChI is InChI=1S/C19H19F3N4O2/c1-27-15-4-2-13(3-5-15)16-10-17(19(20,21)22)26-18(24-16)14(11-23-26)12-25-6-8-28-9-7-25/h2-5,10-11H,6-9,12H2,1H3. The van der Waals surface area contributed by atoms with Crippen molar-refractivity contribution in [1.82, 2.24) is 19.5 Å². The van der Waals surface area contributed by atoms with Gasteiger partial charge in [0.1, 0.15) is 5.75 Å². The van der Waals surface area contributed by atoms with Crippen LogP contribution in [0.3, 0.4) is 0 Å². The minimum atomic E-state index is -4.55. The molecule has 1 aliphatic heterocycles. The van der Waals surface area contributed by atoms with Gasteiger partial charge in [-0.3, -0.25) is 4.90 Å². The molecule has 0 atom stereocenters. The molecular weight excluding hydrogens is 373 g/mol. The highest BCUT2D eigenvalue weighted by molar-refractivity contribution is 5.64.